The second-order valence-corrected chi connectivity index (χ2v) is 4.02. The van der Waals surface area contributed by atoms with E-state index in [0.717, 1.165) is 13.0 Å². The lowest BCUT2D eigenvalue weighted by molar-refractivity contribution is 0.584. The Bertz CT molecular complexity index is 618. The van der Waals surface area contributed by atoms with Crippen molar-refractivity contribution in [3.05, 3.63) is 36.0 Å². The maximum atomic E-state index is 12.7. The molecule has 0 radical (unpaired) electrons. The Balaban J connectivity index is 2.20. The number of hydrogen-bond donors (Lipinski definition) is 2. The molecule has 2 heterocycles. The van der Waals surface area contributed by atoms with Gasteiger partial charge in [0.25, 0.3) is 0 Å². The Labute approximate surface area is 116 Å². The summed E-state index contributed by atoms with van der Waals surface area (Å²) in [5, 5.41) is 6.08. The van der Waals surface area contributed by atoms with Gasteiger partial charge in [-0.15, -0.1) is 6.42 Å². The fraction of sp³-hybridized carbons (Fsp3) is 0.214. The third kappa shape index (κ3) is 3.42. The summed E-state index contributed by atoms with van der Waals surface area (Å²) in [4.78, 5) is 12.0. The van der Waals surface area contributed by atoms with Crippen LogP contribution in [-0.4, -0.2) is 21.5 Å². The molecule has 5 nitrogen and oxygen atoms in total. The van der Waals surface area contributed by atoms with E-state index in [1.807, 2.05) is 6.92 Å². The molecule has 0 aliphatic carbocycles. The number of rotatable bonds is 5. The molecule has 2 rings (SSSR count). The summed E-state index contributed by atoms with van der Waals surface area (Å²) < 4.78 is 12.7. The van der Waals surface area contributed by atoms with E-state index >= 15 is 0 Å². The van der Waals surface area contributed by atoms with E-state index in [2.05, 4.69) is 31.5 Å². The Hall–Kier alpha value is -2.68. The second-order valence-electron chi connectivity index (χ2n) is 4.02. The van der Waals surface area contributed by atoms with Crippen LogP contribution in [0.4, 0.5) is 21.8 Å². The Morgan fingerprint density at radius 3 is 2.80 bits per heavy atom. The summed E-state index contributed by atoms with van der Waals surface area (Å²) >= 11 is 0. The van der Waals surface area contributed by atoms with E-state index in [1.54, 1.807) is 12.3 Å². The maximum Gasteiger partial charge on any atom is 0.229 e. The first-order valence-corrected chi connectivity index (χ1v) is 6.19. The molecule has 2 aromatic heterocycles. The predicted molar refractivity (Wildman–Crippen MR) is 76.2 cm³/mol. The summed E-state index contributed by atoms with van der Waals surface area (Å²) in [6.07, 6.45) is 9.28. The van der Waals surface area contributed by atoms with Crippen LogP contribution >= 0.6 is 0 Å². The molecular formula is C14H14FN5. The molecule has 20 heavy (non-hydrogen) atoms. The van der Waals surface area contributed by atoms with Crippen molar-refractivity contribution in [3.63, 3.8) is 0 Å². The lowest BCUT2D eigenvalue weighted by Gasteiger charge is -2.09. The third-order valence-corrected chi connectivity index (χ3v) is 2.47. The summed E-state index contributed by atoms with van der Waals surface area (Å²) in [5.41, 5.74) is 1.20. The smallest absolute Gasteiger partial charge is 0.229 e. The molecule has 0 unspecified atom stereocenters. The van der Waals surface area contributed by atoms with Crippen LogP contribution in [0.5, 0.6) is 0 Å². The van der Waals surface area contributed by atoms with Gasteiger partial charge in [-0.2, -0.15) is 9.37 Å². The van der Waals surface area contributed by atoms with Crippen LogP contribution < -0.4 is 10.6 Å². The van der Waals surface area contributed by atoms with Crippen LogP contribution in [0.1, 0.15) is 18.9 Å². The first kappa shape index (κ1) is 13.7. The highest BCUT2D eigenvalue weighted by atomic mass is 19.1. The number of nitrogens with one attached hydrogen (secondary N) is 2. The van der Waals surface area contributed by atoms with Gasteiger partial charge in [0, 0.05) is 6.54 Å². The van der Waals surface area contributed by atoms with Crippen molar-refractivity contribution in [3.8, 4) is 12.3 Å². The van der Waals surface area contributed by atoms with Crippen LogP contribution in [0, 0.1) is 18.3 Å². The molecule has 0 fully saturated rings. The minimum atomic E-state index is -0.538. The largest absolute Gasteiger partial charge is 0.369 e. The van der Waals surface area contributed by atoms with Gasteiger partial charge in [-0.25, -0.2) is 9.97 Å². The minimum Gasteiger partial charge on any atom is -0.369 e. The van der Waals surface area contributed by atoms with Crippen molar-refractivity contribution >= 4 is 17.5 Å². The quantitative estimate of drug-likeness (QED) is 0.646. The average molecular weight is 271 g/mol. The molecule has 2 N–H and O–H groups in total. The van der Waals surface area contributed by atoms with Gasteiger partial charge < -0.3 is 10.6 Å². The number of terminal acetylenes is 1. The van der Waals surface area contributed by atoms with E-state index in [1.165, 1.54) is 12.3 Å². The number of nitrogens with zero attached hydrogens (tertiary/aromatic N) is 3. The number of hydrogen-bond acceptors (Lipinski definition) is 5. The highest BCUT2D eigenvalue weighted by Crippen LogP contribution is 2.16. The zero-order chi connectivity index (χ0) is 14.4. The van der Waals surface area contributed by atoms with Crippen molar-refractivity contribution in [2.75, 3.05) is 17.2 Å². The zero-order valence-electron chi connectivity index (χ0n) is 11.0. The predicted octanol–water partition coefficient (Wildman–Crippen LogP) is 2.56. The molecule has 0 atom stereocenters. The van der Waals surface area contributed by atoms with E-state index in [-0.39, 0.29) is 0 Å². The molecule has 0 aliphatic rings. The monoisotopic (exact) mass is 271 g/mol. The Morgan fingerprint density at radius 1 is 1.30 bits per heavy atom. The molecule has 0 saturated heterocycles. The van der Waals surface area contributed by atoms with Crippen LogP contribution in [0.15, 0.2) is 24.5 Å². The average Bonchev–Trinajstić information content (AvgIpc) is 2.47. The van der Waals surface area contributed by atoms with E-state index in [0.29, 0.717) is 23.0 Å². The van der Waals surface area contributed by atoms with E-state index in [9.17, 15) is 4.39 Å². The Morgan fingerprint density at radius 2 is 2.15 bits per heavy atom. The summed E-state index contributed by atoms with van der Waals surface area (Å²) in [6.45, 7) is 2.82. The van der Waals surface area contributed by atoms with Crippen LogP contribution in [0.2, 0.25) is 0 Å². The summed E-state index contributed by atoms with van der Waals surface area (Å²) in [5.74, 6) is 2.96. The minimum absolute atomic E-state index is 0.371. The molecule has 0 aromatic carbocycles. The molecule has 102 valence electrons. The lowest BCUT2D eigenvalue weighted by Crippen LogP contribution is -2.07. The normalized spacial score (nSPS) is 9.85. The van der Waals surface area contributed by atoms with Gasteiger partial charge in [0.05, 0.1) is 23.6 Å². The second kappa shape index (κ2) is 6.48. The molecule has 0 spiro atoms. The fourth-order valence-electron chi connectivity index (χ4n) is 1.50. The summed E-state index contributed by atoms with van der Waals surface area (Å²) in [7, 11) is 0. The van der Waals surface area contributed by atoms with Gasteiger partial charge in [-0.3, -0.25) is 0 Å². The van der Waals surface area contributed by atoms with Gasteiger partial charge in [-0.1, -0.05) is 12.8 Å². The van der Waals surface area contributed by atoms with Crippen molar-refractivity contribution < 1.29 is 4.39 Å². The lowest BCUT2D eigenvalue weighted by atomic mass is 10.3. The van der Waals surface area contributed by atoms with E-state index in [4.69, 9.17) is 6.42 Å². The highest BCUT2D eigenvalue weighted by molar-refractivity contribution is 5.58. The van der Waals surface area contributed by atoms with Crippen molar-refractivity contribution in [1.29, 1.82) is 0 Å². The van der Waals surface area contributed by atoms with E-state index < -0.39 is 5.95 Å². The zero-order valence-corrected chi connectivity index (χ0v) is 11.0. The number of pyridine rings is 1. The van der Waals surface area contributed by atoms with Crippen LogP contribution in [0.3, 0.4) is 0 Å². The maximum absolute atomic E-state index is 12.7. The van der Waals surface area contributed by atoms with Crippen molar-refractivity contribution in [2.45, 2.75) is 13.3 Å². The Kier molecular flexibility index (Phi) is 4.45. The molecule has 0 amide bonds. The molecule has 2 aromatic rings. The molecular weight excluding hydrogens is 257 g/mol. The first-order valence-electron chi connectivity index (χ1n) is 6.19. The van der Waals surface area contributed by atoms with Gasteiger partial charge in [0.2, 0.25) is 11.9 Å². The van der Waals surface area contributed by atoms with Gasteiger partial charge >= 0.3 is 0 Å². The molecule has 0 bridgehead atoms. The van der Waals surface area contributed by atoms with Crippen LogP contribution in [0.25, 0.3) is 0 Å². The third-order valence-electron chi connectivity index (χ3n) is 2.47. The van der Waals surface area contributed by atoms with Crippen LogP contribution in [-0.2, 0) is 0 Å². The number of anilines is 3. The molecule has 0 saturated carbocycles. The molecule has 0 aliphatic heterocycles. The van der Waals surface area contributed by atoms with Crippen molar-refractivity contribution in [1.82, 2.24) is 15.0 Å². The molecule has 6 heteroatoms. The highest BCUT2D eigenvalue weighted by Gasteiger charge is 2.05. The topological polar surface area (TPSA) is 62.7 Å². The van der Waals surface area contributed by atoms with Gasteiger partial charge in [0.1, 0.15) is 5.82 Å². The number of aromatic nitrogens is 3. The van der Waals surface area contributed by atoms with Crippen molar-refractivity contribution in [2.24, 2.45) is 0 Å². The summed E-state index contributed by atoms with van der Waals surface area (Å²) in [6, 6.07) is 2.81. The SMILES string of the molecule is C#Cc1cnc(Nc2ccc(F)nc2)nc1NCCC. The standard InChI is InChI=1S/C14H14FN5/c1-3-7-16-13-10(4-2)8-18-14(20-13)19-11-5-6-12(15)17-9-11/h2,5-6,8-9H,3,7H2,1H3,(H2,16,18,19,20). The fourth-order valence-corrected chi connectivity index (χ4v) is 1.50. The van der Waals surface area contributed by atoms with Gasteiger partial charge in [0.15, 0.2) is 0 Å². The van der Waals surface area contributed by atoms with Gasteiger partial charge in [-0.05, 0) is 18.6 Å². The first-order chi connectivity index (χ1) is 9.72. The number of halogens is 1.